The highest BCUT2D eigenvalue weighted by Gasteiger charge is 2.22. The van der Waals surface area contributed by atoms with E-state index >= 15 is 0 Å². The summed E-state index contributed by atoms with van der Waals surface area (Å²) in [6.45, 7) is 4.60. The standard InChI is InChI=1S/C21H25N3O4S/c1-15(25)28-20(16-5-3-2-4-6-16)18-13-19(17(14-23-18)21(22)26)27-10-7-24-8-11-29-12-9-24/h2-6,13-14,20H,7-12H2,1H3,(H2,22,26)/t20-/m0/s1. The van der Waals surface area contributed by atoms with Gasteiger partial charge in [-0.1, -0.05) is 30.3 Å². The van der Waals surface area contributed by atoms with E-state index < -0.39 is 18.0 Å². The molecule has 8 heteroatoms. The molecule has 0 aliphatic carbocycles. The number of nitrogens with zero attached hydrogens (tertiary/aromatic N) is 2. The van der Waals surface area contributed by atoms with Crippen LogP contribution < -0.4 is 10.5 Å². The van der Waals surface area contributed by atoms with E-state index in [1.165, 1.54) is 13.1 Å². The van der Waals surface area contributed by atoms with E-state index in [0.29, 0.717) is 18.1 Å². The van der Waals surface area contributed by atoms with Crippen LogP contribution in [0, 0.1) is 0 Å². The number of thioether (sulfide) groups is 1. The van der Waals surface area contributed by atoms with Crippen molar-refractivity contribution >= 4 is 23.6 Å². The quantitative estimate of drug-likeness (QED) is 0.661. The summed E-state index contributed by atoms with van der Waals surface area (Å²) < 4.78 is 11.4. The second-order valence-corrected chi connectivity index (χ2v) is 7.90. The van der Waals surface area contributed by atoms with Crippen molar-refractivity contribution in [1.29, 1.82) is 0 Å². The number of rotatable bonds is 8. The first-order valence-corrected chi connectivity index (χ1v) is 10.6. The molecular formula is C21H25N3O4S. The van der Waals surface area contributed by atoms with E-state index in [4.69, 9.17) is 15.2 Å². The minimum Gasteiger partial charge on any atom is -0.491 e. The fourth-order valence-electron chi connectivity index (χ4n) is 3.10. The molecule has 1 aliphatic rings. The molecule has 29 heavy (non-hydrogen) atoms. The van der Waals surface area contributed by atoms with Crippen molar-refractivity contribution in [3.63, 3.8) is 0 Å². The molecule has 2 heterocycles. The van der Waals surface area contributed by atoms with E-state index in [1.807, 2.05) is 42.1 Å². The molecule has 2 aromatic rings. The molecule has 1 aromatic heterocycles. The number of ether oxygens (including phenoxy) is 2. The van der Waals surface area contributed by atoms with Gasteiger partial charge in [-0.25, -0.2) is 0 Å². The number of pyridine rings is 1. The number of carbonyl (C=O) groups is 2. The lowest BCUT2D eigenvalue weighted by Gasteiger charge is -2.26. The Labute approximate surface area is 174 Å². The van der Waals surface area contributed by atoms with E-state index in [9.17, 15) is 9.59 Å². The average molecular weight is 416 g/mol. The van der Waals surface area contributed by atoms with Crippen molar-refractivity contribution in [1.82, 2.24) is 9.88 Å². The Balaban J connectivity index is 1.81. The SMILES string of the molecule is CC(=O)O[C@@H](c1ccccc1)c1cc(OCCN2CCSCC2)c(C(N)=O)cn1. The van der Waals surface area contributed by atoms with Gasteiger partial charge in [-0.05, 0) is 5.56 Å². The Morgan fingerprint density at radius 1 is 1.24 bits per heavy atom. The van der Waals surface area contributed by atoms with Crippen LogP contribution in [0.1, 0.15) is 34.6 Å². The van der Waals surface area contributed by atoms with Gasteiger partial charge in [-0.3, -0.25) is 19.5 Å². The van der Waals surface area contributed by atoms with Crippen molar-refractivity contribution in [3.8, 4) is 5.75 Å². The minimum atomic E-state index is -0.697. The zero-order valence-electron chi connectivity index (χ0n) is 16.4. The summed E-state index contributed by atoms with van der Waals surface area (Å²) in [6.07, 6.45) is 0.682. The fourth-order valence-corrected chi connectivity index (χ4v) is 4.08. The zero-order chi connectivity index (χ0) is 20.6. The maximum absolute atomic E-state index is 11.8. The second kappa shape index (κ2) is 10.3. The number of carbonyl (C=O) groups excluding carboxylic acids is 2. The van der Waals surface area contributed by atoms with Crippen LogP contribution >= 0.6 is 11.8 Å². The summed E-state index contributed by atoms with van der Waals surface area (Å²) in [6, 6.07) is 10.9. The monoisotopic (exact) mass is 415 g/mol. The number of amides is 1. The Bertz CT molecular complexity index is 841. The molecular weight excluding hydrogens is 390 g/mol. The summed E-state index contributed by atoms with van der Waals surface area (Å²) in [5, 5.41) is 0. The normalized spacial score (nSPS) is 15.5. The molecule has 0 saturated carbocycles. The predicted molar refractivity (Wildman–Crippen MR) is 112 cm³/mol. The first kappa shape index (κ1) is 21.1. The molecule has 3 rings (SSSR count). The van der Waals surface area contributed by atoms with Crippen LogP contribution in [0.15, 0.2) is 42.6 Å². The maximum Gasteiger partial charge on any atom is 0.303 e. The first-order chi connectivity index (χ1) is 14.0. The van der Waals surface area contributed by atoms with Gasteiger partial charge < -0.3 is 15.2 Å². The maximum atomic E-state index is 11.8. The zero-order valence-corrected chi connectivity index (χ0v) is 17.2. The Kier molecular flexibility index (Phi) is 7.48. The van der Waals surface area contributed by atoms with Gasteiger partial charge in [-0.2, -0.15) is 11.8 Å². The number of aromatic nitrogens is 1. The molecule has 1 fully saturated rings. The lowest BCUT2D eigenvalue weighted by Crippen LogP contribution is -2.35. The van der Waals surface area contributed by atoms with Crippen LogP contribution in [0.3, 0.4) is 0 Å². The molecule has 1 aliphatic heterocycles. The number of hydrogen-bond acceptors (Lipinski definition) is 7. The van der Waals surface area contributed by atoms with Crippen molar-refractivity contribution < 1.29 is 19.1 Å². The van der Waals surface area contributed by atoms with Gasteiger partial charge in [0.25, 0.3) is 5.91 Å². The first-order valence-electron chi connectivity index (χ1n) is 9.49. The van der Waals surface area contributed by atoms with Gasteiger partial charge in [0.1, 0.15) is 12.4 Å². The minimum absolute atomic E-state index is 0.206. The number of hydrogen-bond donors (Lipinski definition) is 1. The molecule has 1 amide bonds. The number of primary amides is 1. The van der Waals surface area contributed by atoms with E-state index in [1.54, 1.807) is 6.07 Å². The number of esters is 1. The lowest BCUT2D eigenvalue weighted by molar-refractivity contribution is -0.144. The highest BCUT2D eigenvalue weighted by atomic mass is 32.2. The van der Waals surface area contributed by atoms with Crippen molar-refractivity contribution in [2.45, 2.75) is 13.0 Å². The van der Waals surface area contributed by atoms with Crippen molar-refractivity contribution in [2.75, 3.05) is 37.7 Å². The molecule has 0 bridgehead atoms. The van der Waals surface area contributed by atoms with Crippen molar-refractivity contribution in [2.24, 2.45) is 5.73 Å². The molecule has 7 nitrogen and oxygen atoms in total. The second-order valence-electron chi connectivity index (χ2n) is 6.67. The summed E-state index contributed by atoms with van der Waals surface area (Å²) in [7, 11) is 0. The Hall–Kier alpha value is -2.58. The molecule has 1 aromatic carbocycles. The van der Waals surface area contributed by atoms with Crippen LogP contribution in [-0.4, -0.2) is 59.5 Å². The van der Waals surface area contributed by atoms with E-state index in [2.05, 4.69) is 9.88 Å². The third-order valence-corrected chi connectivity index (χ3v) is 5.52. The number of nitrogens with two attached hydrogens (primary N) is 1. The van der Waals surface area contributed by atoms with Gasteiger partial charge in [0.05, 0.1) is 11.3 Å². The van der Waals surface area contributed by atoms with Crippen LogP contribution in [-0.2, 0) is 9.53 Å². The number of benzene rings is 1. The van der Waals surface area contributed by atoms with E-state index in [-0.39, 0.29) is 5.56 Å². The predicted octanol–water partition coefficient (Wildman–Crippen LogP) is 2.26. The molecule has 2 N–H and O–H groups in total. The molecule has 0 unspecified atom stereocenters. The van der Waals surface area contributed by atoms with Gasteiger partial charge in [-0.15, -0.1) is 0 Å². The molecule has 1 atom stereocenters. The summed E-state index contributed by atoms with van der Waals surface area (Å²) in [5.74, 6) is 1.55. The van der Waals surface area contributed by atoms with Gasteiger partial charge in [0.2, 0.25) is 0 Å². The third kappa shape index (κ3) is 5.95. The smallest absolute Gasteiger partial charge is 0.303 e. The van der Waals surface area contributed by atoms with Crippen LogP contribution in [0.2, 0.25) is 0 Å². The summed E-state index contributed by atoms with van der Waals surface area (Å²) in [4.78, 5) is 30.1. The van der Waals surface area contributed by atoms with Crippen molar-refractivity contribution in [3.05, 3.63) is 59.4 Å². The summed E-state index contributed by atoms with van der Waals surface area (Å²) >= 11 is 1.95. The Morgan fingerprint density at radius 2 is 1.97 bits per heavy atom. The highest BCUT2D eigenvalue weighted by Crippen LogP contribution is 2.29. The van der Waals surface area contributed by atoms with Crippen LogP contribution in [0.25, 0.3) is 0 Å². The molecule has 1 saturated heterocycles. The van der Waals surface area contributed by atoms with Gasteiger partial charge in [0, 0.05) is 50.3 Å². The average Bonchev–Trinajstić information content (AvgIpc) is 2.73. The molecule has 0 radical (unpaired) electrons. The van der Waals surface area contributed by atoms with E-state index in [0.717, 1.165) is 36.7 Å². The van der Waals surface area contributed by atoms with Crippen LogP contribution in [0.4, 0.5) is 0 Å². The largest absolute Gasteiger partial charge is 0.491 e. The Morgan fingerprint density at radius 3 is 2.62 bits per heavy atom. The lowest BCUT2D eigenvalue weighted by atomic mass is 10.0. The fraction of sp³-hybridized carbons (Fsp3) is 0.381. The summed E-state index contributed by atoms with van der Waals surface area (Å²) in [5.41, 5.74) is 6.95. The highest BCUT2D eigenvalue weighted by molar-refractivity contribution is 7.99. The molecule has 0 spiro atoms. The van der Waals surface area contributed by atoms with Crippen LogP contribution in [0.5, 0.6) is 5.75 Å². The topological polar surface area (TPSA) is 94.8 Å². The molecule has 154 valence electrons. The third-order valence-electron chi connectivity index (χ3n) is 4.58. The van der Waals surface area contributed by atoms with Gasteiger partial charge >= 0.3 is 5.97 Å². The van der Waals surface area contributed by atoms with Gasteiger partial charge in [0.15, 0.2) is 6.10 Å².